The van der Waals surface area contributed by atoms with Gasteiger partial charge in [0, 0.05) is 47.2 Å². The summed E-state index contributed by atoms with van der Waals surface area (Å²) < 4.78 is 41.6. The van der Waals surface area contributed by atoms with Crippen molar-refractivity contribution in [2.75, 3.05) is 31.2 Å². The number of benzene rings is 2. The maximum absolute atomic E-state index is 15.2. The number of halogens is 2. The summed E-state index contributed by atoms with van der Waals surface area (Å²) in [6.07, 6.45) is 0.887. The molecule has 0 aliphatic carbocycles. The number of fused-ring (bicyclic) bond motifs is 4. The van der Waals surface area contributed by atoms with Crippen LogP contribution in [0, 0.1) is 5.95 Å². The van der Waals surface area contributed by atoms with E-state index in [-0.39, 0.29) is 19.8 Å². The molecule has 6 rings (SSSR count). The lowest BCUT2D eigenvalue weighted by Crippen LogP contribution is -2.42. The van der Waals surface area contributed by atoms with Crippen molar-refractivity contribution in [1.29, 1.82) is 0 Å². The van der Waals surface area contributed by atoms with Gasteiger partial charge in [0.1, 0.15) is 35.7 Å². The van der Waals surface area contributed by atoms with Gasteiger partial charge < -0.3 is 20.1 Å². The molecule has 6 nitrogen and oxygen atoms in total. The Hall–Kier alpha value is -3.52. The molecule has 2 atom stereocenters. The lowest BCUT2D eigenvalue weighted by Gasteiger charge is -2.41. The minimum Gasteiger partial charge on any atom is -0.457 e. The highest BCUT2D eigenvalue weighted by atomic mass is 19.1. The van der Waals surface area contributed by atoms with E-state index in [1.54, 1.807) is 12.1 Å². The average Bonchev–Trinajstić information content (AvgIpc) is 3.25. The second-order valence-corrected chi connectivity index (χ2v) is 8.56. The Kier molecular flexibility index (Phi) is 4.58. The van der Waals surface area contributed by atoms with Crippen molar-refractivity contribution in [3.05, 3.63) is 71.8 Å². The number of para-hydroxylation sites is 1. The van der Waals surface area contributed by atoms with Crippen molar-refractivity contribution in [3.63, 3.8) is 0 Å². The molecule has 3 aliphatic rings. The molecule has 0 amide bonds. The number of hydrogen-bond donors (Lipinski definition) is 1. The van der Waals surface area contributed by atoms with Gasteiger partial charge in [0.2, 0.25) is 5.95 Å². The van der Waals surface area contributed by atoms with Gasteiger partial charge in [-0.25, -0.2) is 9.37 Å². The summed E-state index contributed by atoms with van der Waals surface area (Å²) in [5.41, 5.74) is 8.17. The van der Waals surface area contributed by atoms with Crippen molar-refractivity contribution in [2.24, 2.45) is 10.7 Å². The first-order valence-electron chi connectivity index (χ1n) is 10.9. The number of amidine groups is 1. The van der Waals surface area contributed by atoms with Crippen LogP contribution in [0.4, 0.5) is 14.5 Å². The maximum Gasteiger partial charge on any atom is 0.220 e. The third-order valence-electron chi connectivity index (χ3n) is 6.51. The second-order valence-electron chi connectivity index (χ2n) is 8.56. The molecule has 33 heavy (non-hydrogen) atoms. The molecule has 4 heterocycles. The Balaban J connectivity index is 1.71. The van der Waals surface area contributed by atoms with Crippen LogP contribution >= 0.6 is 0 Å². The molecule has 3 aromatic rings. The summed E-state index contributed by atoms with van der Waals surface area (Å²) in [5, 5.41) is 0. The van der Waals surface area contributed by atoms with Crippen LogP contribution in [0.5, 0.6) is 11.5 Å². The number of aromatic nitrogens is 1. The van der Waals surface area contributed by atoms with Crippen molar-refractivity contribution >= 4 is 11.5 Å². The third-order valence-corrected chi connectivity index (χ3v) is 6.51. The van der Waals surface area contributed by atoms with E-state index in [1.807, 2.05) is 41.3 Å². The minimum absolute atomic E-state index is 0.213. The fourth-order valence-corrected chi connectivity index (χ4v) is 5.14. The first-order chi connectivity index (χ1) is 16.1. The minimum atomic E-state index is -1.03. The van der Waals surface area contributed by atoms with Gasteiger partial charge in [0.25, 0.3) is 0 Å². The molecule has 1 fully saturated rings. The highest BCUT2D eigenvalue weighted by Crippen LogP contribution is 2.55. The van der Waals surface area contributed by atoms with Crippen LogP contribution in [0.25, 0.3) is 11.1 Å². The molecule has 1 saturated heterocycles. The van der Waals surface area contributed by atoms with Crippen LogP contribution in [0.2, 0.25) is 0 Å². The molecule has 2 N–H and O–H groups in total. The van der Waals surface area contributed by atoms with Gasteiger partial charge in [-0.2, -0.15) is 4.39 Å². The Morgan fingerprint density at radius 1 is 1.09 bits per heavy atom. The molecule has 0 bridgehead atoms. The summed E-state index contributed by atoms with van der Waals surface area (Å²) in [6, 6.07) is 14.6. The van der Waals surface area contributed by atoms with E-state index in [1.165, 1.54) is 6.20 Å². The van der Waals surface area contributed by atoms with Crippen LogP contribution in [0.3, 0.4) is 0 Å². The highest BCUT2D eigenvalue weighted by molar-refractivity contribution is 5.89. The fourth-order valence-electron chi connectivity index (χ4n) is 5.14. The second kappa shape index (κ2) is 7.52. The van der Waals surface area contributed by atoms with E-state index in [9.17, 15) is 4.39 Å². The van der Waals surface area contributed by atoms with Gasteiger partial charge in [-0.1, -0.05) is 18.2 Å². The van der Waals surface area contributed by atoms with E-state index < -0.39 is 17.7 Å². The predicted octanol–water partition coefficient (Wildman–Crippen LogP) is 4.17. The van der Waals surface area contributed by atoms with Crippen LogP contribution in [0.1, 0.15) is 17.5 Å². The van der Waals surface area contributed by atoms with E-state index in [2.05, 4.69) is 4.98 Å². The molecule has 1 aromatic heterocycles. The molecule has 168 valence electrons. The number of hydrogen-bond acceptors (Lipinski definition) is 6. The fraction of sp³-hybridized carbons (Fsp3) is 0.280. The Morgan fingerprint density at radius 2 is 1.97 bits per heavy atom. The van der Waals surface area contributed by atoms with Gasteiger partial charge in [0.05, 0.1) is 6.61 Å². The van der Waals surface area contributed by atoms with Crippen LogP contribution < -0.4 is 15.4 Å². The summed E-state index contributed by atoms with van der Waals surface area (Å²) in [7, 11) is 0. The zero-order valence-electron chi connectivity index (χ0n) is 17.8. The van der Waals surface area contributed by atoms with E-state index in [4.69, 9.17) is 20.2 Å². The zero-order chi connectivity index (χ0) is 22.6. The average molecular weight is 448 g/mol. The maximum atomic E-state index is 15.2. The molecule has 3 aliphatic heterocycles. The molecule has 8 heteroatoms. The van der Waals surface area contributed by atoms with Gasteiger partial charge in [0.15, 0.2) is 0 Å². The van der Waals surface area contributed by atoms with Crippen molar-refractivity contribution < 1.29 is 18.3 Å². The number of rotatable bonds is 2. The largest absolute Gasteiger partial charge is 0.457 e. The highest BCUT2D eigenvalue weighted by Gasteiger charge is 2.47. The smallest absolute Gasteiger partial charge is 0.220 e. The lowest BCUT2D eigenvalue weighted by atomic mass is 9.76. The van der Waals surface area contributed by atoms with Gasteiger partial charge in [-0.05, 0) is 36.8 Å². The number of nitrogens with two attached hydrogens (primary N) is 1. The van der Waals surface area contributed by atoms with Crippen molar-refractivity contribution in [3.8, 4) is 22.6 Å². The van der Waals surface area contributed by atoms with Crippen LogP contribution in [0.15, 0.2) is 59.7 Å². The number of nitrogens with zero attached hydrogens (tertiary/aromatic N) is 3. The van der Waals surface area contributed by atoms with Crippen molar-refractivity contribution in [1.82, 2.24) is 4.98 Å². The molecule has 0 radical (unpaired) electrons. The normalized spacial score (nSPS) is 23.6. The molecular formula is C25H22F2N4O2. The number of anilines is 1. The SMILES string of the molecule is NC1=NC2(COC1)c1ccccc1Oc1ccc(N3CC[C@@H](F)C3)c(-c3cccnc3F)c12. The number of aliphatic imine (C=N–C) groups is 1. The summed E-state index contributed by atoms with van der Waals surface area (Å²) >= 11 is 0. The Labute approximate surface area is 189 Å². The molecule has 2 aromatic carbocycles. The third kappa shape index (κ3) is 3.08. The van der Waals surface area contributed by atoms with Crippen LogP contribution in [-0.4, -0.2) is 43.3 Å². The molecule has 1 unspecified atom stereocenters. The summed E-state index contributed by atoms with van der Waals surface area (Å²) in [6.45, 7) is 1.19. The topological polar surface area (TPSA) is 73.0 Å². The van der Waals surface area contributed by atoms with Crippen LogP contribution in [-0.2, 0) is 10.3 Å². The molecule has 0 saturated carbocycles. The van der Waals surface area contributed by atoms with E-state index >= 15 is 4.39 Å². The summed E-state index contributed by atoms with van der Waals surface area (Å²) in [4.78, 5) is 10.7. The molecular weight excluding hydrogens is 426 g/mol. The number of pyridine rings is 1. The number of ether oxygens (including phenoxy) is 2. The standard InChI is InChI=1S/C25H22F2N4O2/c26-15-9-11-31(12-15)18-7-8-20-23(22(18)16-4-3-10-29-24(16)27)25(14-32-13-21(28)30-25)17-5-1-2-6-19(17)33-20/h1-8,10,15H,9,11-14H2,(H2,28,30)/t15-,25?/m1/s1. The first-order valence-corrected chi connectivity index (χ1v) is 10.9. The number of alkyl halides is 1. The quantitative estimate of drug-likeness (QED) is 0.596. The van der Waals surface area contributed by atoms with Crippen molar-refractivity contribution in [2.45, 2.75) is 18.1 Å². The van der Waals surface area contributed by atoms with E-state index in [0.717, 1.165) is 5.56 Å². The zero-order valence-corrected chi connectivity index (χ0v) is 17.8. The van der Waals surface area contributed by atoms with E-state index in [0.29, 0.717) is 52.7 Å². The Morgan fingerprint density at radius 3 is 2.76 bits per heavy atom. The molecule has 1 spiro atoms. The lowest BCUT2D eigenvalue weighted by molar-refractivity contribution is 0.110. The monoisotopic (exact) mass is 448 g/mol. The predicted molar refractivity (Wildman–Crippen MR) is 121 cm³/mol. The Bertz CT molecular complexity index is 1280. The van der Waals surface area contributed by atoms with Gasteiger partial charge >= 0.3 is 0 Å². The van der Waals surface area contributed by atoms with Gasteiger partial charge in [-0.3, -0.25) is 4.99 Å². The first kappa shape index (κ1) is 20.1. The van der Waals surface area contributed by atoms with Gasteiger partial charge in [-0.15, -0.1) is 0 Å². The summed E-state index contributed by atoms with van der Waals surface area (Å²) in [5.74, 6) is 0.902.